The number of nitrogens with one attached hydrogen (secondary N) is 1. The lowest BCUT2D eigenvalue weighted by Crippen LogP contribution is -2.13. The van der Waals surface area contributed by atoms with Crippen LogP contribution in [0.15, 0.2) is 34.5 Å². The van der Waals surface area contributed by atoms with Gasteiger partial charge in [0.1, 0.15) is 10.8 Å². The fourth-order valence-corrected chi connectivity index (χ4v) is 3.34. The molecule has 1 heterocycles. The molecule has 0 radical (unpaired) electrons. The Morgan fingerprint density at radius 3 is 3.00 bits per heavy atom. The zero-order valence-electron chi connectivity index (χ0n) is 10.9. The number of hydrogen-bond donors (Lipinski definition) is 1. The highest BCUT2D eigenvalue weighted by atomic mass is 32.2. The molecule has 0 saturated heterocycles. The molecule has 0 atom stereocenters. The smallest absolute Gasteiger partial charge is 0.136 e. The number of hydrogen-bond acceptors (Lipinski definition) is 4. The lowest BCUT2D eigenvalue weighted by atomic mass is 10.3. The molecule has 0 unspecified atom stereocenters. The van der Waals surface area contributed by atoms with Crippen LogP contribution in [0.25, 0.3) is 0 Å². The van der Waals surface area contributed by atoms with Gasteiger partial charge in [0.25, 0.3) is 0 Å². The number of benzene rings is 1. The Morgan fingerprint density at radius 1 is 1.37 bits per heavy atom. The van der Waals surface area contributed by atoms with E-state index in [0.717, 1.165) is 36.0 Å². The van der Waals surface area contributed by atoms with Crippen molar-refractivity contribution in [2.24, 2.45) is 0 Å². The summed E-state index contributed by atoms with van der Waals surface area (Å²) in [5.41, 5.74) is 1.07. The Morgan fingerprint density at radius 2 is 2.21 bits per heavy atom. The maximum Gasteiger partial charge on any atom is 0.136 e. The summed E-state index contributed by atoms with van der Waals surface area (Å²) in [6, 6.07) is 6.86. The van der Waals surface area contributed by atoms with Crippen LogP contribution in [-0.2, 0) is 12.3 Å². The largest absolute Gasteiger partial charge is 0.311 e. The van der Waals surface area contributed by atoms with E-state index in [1.165, 1.54) is 17.8 Å². The van der Waals surface area contributed by atoms with Crippen LogP contribution in [-0.4, -0.2) is 11.5 Å². The highest BCUT2D eigenvalue weighted by Crippen LogP contribution is 2.26. The molecule has 1 N–H and O–H groups in total. The number of thiazole rings is 1. The minimum Gasteiger partial charge on any atom is -0.311 e. The van der Waals surface area contributed by atoms with E-state index in [0.29, 0.717) is 4.90 Å². The number of halogens is 1. The average Bonchev–Trinajstić information content (AvgIpc) is 2.86. The van der Waals surface area contributed by atoms with Crippen molar-refractivity contribution in [1.82, 2.24) is 10.3 Å². The van der Waals surface area contributed by atoms with Gasteiger partial charge in [0, 0.05) is 16.8 Å². The molecule has 2 rings (SSSR count). The monoisotopic (exact) mass is 296 g/mol. The van der Waals surface area contributed by atoms with Gasteiger partial charge in [-0.05, 0) is 25.1 Å². The lowest BCUT2D eigenvalue weighted by Gasteiger charge is -2.00. The molecule has 0 aliphatic carbocycles. The topological polar surface area (TPSA) is 24.9 Å². The molecule has 0 bridgehead atoms. The van der Waals surface area contributed by atoms with Crippen LogP contribution >= 0.6 is 23.1 Å². The third kappa shape index (κ3) is 4.60. The van der Waals surface area contributed by atoms with Crippen LogP contribution in [0.1, 0.15) is 24.0 Å². The Bertz CT molecular complexity index is 514. The van der Waals surface area contributed by atoms with Gasteiger partial charge in [-0.3, -0.25) is 0 Å². The molecule has 0 saturated carbocycles. The van der Waals surface area contributed by atoms with Crippen molar-refractivity contribution >= 4 is 23.1 Å². The zero-order chi connectivity index (χ0) is 13.5. The molecule has 1 aromatic heterocycles. The van der Waals surface area contributed by atoms with Crippen molar-refractivity contribution in [3.63, 3.8) is 0 Å². The maximum atomic E-state index is 13.5. The molecule has 0 spiro atoms. The predicted molar refractivity (Wildman–Crippen MR) is 80.1 cm³/mol. The van der Waals surface area contributed by atoms with Gasteiger partial charge in [0.05, 0.1) is 11.4 Å². The first-order valence-corrected chi connectivity index (χ1v) is 8.17. The summed E-state index contributed by atoms with van der Waals surface area (Å²) in [7, 11) is 0. The number of nitrogens with zero attached hydrogens (tertiary/aromatic N) is 1. The highest BCUT2D eigenvalue weighted by Gasteiger charge is 2.05. The number of aromatic nitrogens is 1. The first-order valence-electron chi connectivity index (χ1n) is 6.31. The molecule has 2 aromatic rings. The van der Waals surface area contributed by atoms with Crippen molar-refractivity contribution in [1.29, 1.82) is 0 Å². The molecule has 19 heavy (non-hydrogen) atoms. The summed E-state index contributed by atoms with van der Waals surface area (Å²) in [5.74, 6) is 0.563. The van der Waals surface area contributed by atoms with Gasteiger partial charge in [-0.15, -0.1) is 23.1 Å². The minimum absolute atomic E-state index is 0.158. The van der Waals surface area contributed by atoms with Crippen molar-refractivity contribution in [2.45, 2.75) is 30.5 Å². The minimum atomic E-state index is -0.158. The standard InChI is InChI=1S/C14H17FN2S2/c1-2-7-16-8-11-9-19-14(17-11)10-18-13-6-4-3-5-12(13)15/h3-6,9,16H,2,7-8,10H2,1H3. The summed E-state index contributed by atoms with van der Waals surface area (Å²) in [6.07, 6.45) is 1.13. The maximum absolute atomic E-state index is 13.5. The SMILES string of the molecule is CCCNCc1csc(CSc2ccccc2F)n1. The van der Waals surface area contributed by atoms with E-state index in [1.807, 2.05) is 6.07 Å². The van der Waals surface area contributed by atoms with Crippen LogP contribution in [0.2, 0.25) is 0 Å². The van der Waals surface area contributed by atoms with Crippen LogP contribution in [0.5, 0.6) is 0 Å². The van der Waals surface area contributed by atoms with Gasteiger partial charge in [-0.2, -0.15) is 0 Å². The van der Waals surface area contributed by atoms with Gasteiger partial charge < -0.3 is 5.32 Å². The highest BCUT2D eigenvalue weighted by molar-refractivity contribution is 7.98. The zero-order valence-corrected chi connectivity index (χ0v) is 12.5. The molecular formula is C14H17FN2S2. The third-order valence-electron chi connectivity index (χ3n) is 2.52. The van der Waals surface area contributed by atoms with Gasteiger partial charge in [-0.25, -0.2) is 9.37 Å². The number of rotatable bonds is 7. The Hall–Kier alpha value is -0.910. The molecule has 102 valence electrons. The molecule has 2 nitrogen and oxygen atoms in total. The van der Waals surface area contributed by atoms with E-state index in [2.05, 4.69) is 22.6 Å². The molecule has 0 aliphatic heterocycles. The summed E-state index contributed by atoms with van der Waals surface area (Å²) >= 11 is 3.13. The van der Waals surface area contributed by atoms with Crippen molar-refractivity contribution in [3.05, 3.63) is 46.2 Å². The molecule has 0 fully saturated rings. The average molecular weight is 296 g/mol. The van der Waals surface area contributed by atoms with Gasteiger partial charge in [0.2, 0.25) is 0 Å². The molecule has 1 aromatic carbocycles. The van der Waals surface area contributed by atoms with E-state index in [1.54, 1.807) is 23.5 Å². The van der Waals surface area contributed by atoms with Gasteiger partial charge in [-0.1, -0.05) is 19.1 Å². The predicted octanol–water partition coefficient (Wildman–Crippen LogP) is 4.07. The Kier molecular flexibility index (Phi) is 5.82. The van der Waals surface area contributed by atoms with Crippen LogP contribution in [0, 0.1) is 5.82 Å². The van der Waals surface area contributed by atoms with E-state index < -0.39 is 0 Å². The summed E-state index contributed by atoms with van der Waals surface area (Å²) in [6.45, 7) is 3.97. The normalized spacial score (nSPS) is 10.8. The summed E-state index contributed by atoms with van der Waals surface area (Å²) in [5, 5.41) is 6.44. The first kappa shape index (κ1) is 14.5. The van der Waals surface area contributed by atoms with Gasteiger partial charge in [0.15, 0.2) is 0 Å². The second kappa shape index (κ2) is 7.62. The Balaban J connectivity index is 1.85. The van der Waals surface area contributed by atoms with Crippen LogP contribution < -0.4 is 5.32 Å². The molecule has 0 aliphatic rings. The Labute approximate surface area is 121 Å². The fourth-order valence-electron chi connectivity index (χ4n) is 1.59. The summed E-state index contributed by atoms with van der Waals surface area (Å²) in [4.78, 5) is 5.22. The quantitative estimate of drug-likeness (QED) is 0.616. The summed E-state index contributed by atoms with van der Waals surface area (Å²) < 4.78 is 13.5. The van der Waals surface area contributed by atoms with Gasteiger partial charge >= 0.3 is 0 Å². The van der Waals surface area contributed by atoms with Crippen molar-refractivity contribution < 1.29 is 4.39 Å². The van der Waals surface area contributed by atoms with E-state index in [9.17, 15) is 4.39 Å². The van der Waals surface area contributed by atoms with Crippen molar-refractivity contribution in [3.8, 4) is 0 Å². The second-order valence-electron chi connectivity index (χ2n) is 4.13. The lowest BCUT2D eigenvalue weighted by molar-refractivity contribution is 0.602. The van der Waals surface area contributed by atoms with E-state index >= 15 is 0 Å². The molecule has 0 amide bonds. The first-order chi connectivity index (χ1) is 9.29. The fraction of sp³-hybridized carbons (Fsp3) is 0.357. The van der Waals surface area contributed by atoms with Crippen LogP contribution in [0.3, 0.4) is 0 Å². The second-order valence-corrected chi connectivity index (χ2v) is 6.09. The molecular weight excluding hydrogens is 279 g/mol. The number of thioether (sulfide) groups is 1. The van der Waals surface area contributed by atoms with E-state index in [-0.39, 0.29) is 5.82 Å². The van der Waals surface area contributed by atoms with Crippen molar-refractivity contribution in [2.75, 3.05) is 6.54 Å². The molecule has 5 heteroatoms. The van der Waals surface area contributed by atoms with Crippen LogP contribution in [0.4, 0.5) is 4.39 Å². The third-order valence-corrected chi connectivity index (χ3v) is 4.66. The van der Waals surface area contributed by atoms with E-state index in [4.69, 9.17) is 0 Å².